The molecule has 0 fully saturated rings. The maximum absolute atomic E-state index is 14.4. The fourth-order valence-electron chi connectivity index (χ4n) is 5.81. The summed E-state index contributed by atoms with van der Waals surface area (Å²) < 4.78 is 33.8. The summed E-state index contributed by atoms with van der Waals surface area (Å²) in [4.78, 5) is 33.4. The number of nitrogens with zero attached hydrogens (tertiary/aromatic N) is 2. The summed E-state index contributed by atoms with van der Waals surface area (Å²) in [5.41, 5.74) is 4.63. The number of anilines is 1. The molecule has 0 radical (unpaired) electrons. The third-order valence-electron chi connectivity index (χ3n) is 8.25. The standard InChI is InChI=1S/C36H34F2N4O3/c1-23-16-31(14-15-32(23)37)45-30-12-10-27(11-13-30)39-34(43)21-42(20-28-17-26-8-5-9-33(38)36(26)40-28)22-35(44)41(2)29-18-24-6-3-4-7-25(24)19-29/h3-17,29,40H,18-22H2,1-2H3,(H,39,43). The van der Waals surface area contributed by atoms with Crippen molar-refractivity contribution in [1.82, 2.24) is 14.8 Å². The van der Waals surface area contributed by atoms with E-state index in [-0.39, 0.29) is 49.1 Å². The highest BCUT2D eigenvalue weighted by Crippen LogP contribution is 2.26. The van der Waals surface area contributed by atoms with E-state index in [0.717, 1.165) is 18.2 Å². The molecule has 1 heterocycles. The third-order valence-corrected chi connectivity index (χ3v) is 8.25. The molecule has 45 heavy (non-hydrogen) atoms. The lowest BCUT2D eigenvalue weighted by Gasteiger charge is -2.28. The van der Waals surface area contributed by atoms with Crippen molar-refractivity contribution in [2.75, 3.05) is 25.5 Å². The topological polar surface area (TPSA) is 77.7 Å². The summed E-state index contributed by atoms with van der Waals surface area (Å²) >= 11 is 0. The highest BCUT2D eigenvalue weighted by molar-refractivity contribution is 5.92. The smallest absolute Gasteiger partial charge is 0.238 e. The van der Waals surface area contributed by atoms with Crippen molar-refractivity contribution in [2.45, 2.75) is 32.4 Å². The highest BCUT2D eigenvalue weighted by Gasteiger charge is 2.28. The van der Waals surface area contributed by atoms with Crippen LogP contribution in [0.2, 0.25) is 0 Å². The van der Waals surface area contributed by atoms with Crippen LogP contribution in [0.25, 0.3) is 10.9 Å². The number of carbonyl (C=O) groups excluding carboxylic acids is 2. The van der Waals surface area contributed by atoms with Crippen molar-refractivity contribution < 1.29 is 23.1 Å². The van der Waals surface area contributed by atoms with Gasteiger partial charge in [0.2, 0.25) is 11.8 Å². The first kappa shape index (κ1) is 30.0. The number of hydrogen-bond donors (Lipinski definition) is 2. The molecule has 2 N–H and O–H groups in total. The average molecular weight is 609 g/mol. The monoisotopic (exact) mass is 608 g/mol. The molecule has 0 saturated carbocycles. The Morgan fingerprint density at radius 2 is 1.58 bits per heavy atom. The van der Waals surface area contributed by atoms with Crippen LogP contribution in [0.4, 0.5) is 14.5 Å². The van der Waals surface area contributed by atoms with Gasteiger partial charge in [-0.3, -0.25) is 14.5 Å². The molecular formula is C36H34F2N4O3. The van der Waals surface area contributed by atoms with Crippen molar-refractivity contribution >= 4 is 28.4 Å². The Morgan fingerprint density at radius 3 is 2.27 bits per heavy atom. The van der Waals surface area contributed by atoms with Gasteiger partial charge in [-0.25, -0.2) is 8.78 Å². The summed E-state index contributed by atoms with van der Waals surface area (Å²) in [6.45, 7) is 1.86. The second-order valence-electron chi connectivity index (χ2n) is 11.6. The van der Waals surface area contributed by atoms with Crippen molar-refractivity contribution in [3.63, 3.8) is 0 Å². The zero-order chi connectivity index (χ0) is 31.5. The molecule has 0 bridgehead atoms. The van der Waals surface area contributed by atoms with Gasteiger partial charge in [-0.1, -0.05) is 36.4 Å². The van der Waals surface area contributed by atoms with Gasteiger partial charge in [0.25, 0.3) is 0 Å². The Bertz CT molecular complexity index is 1830. The predicted octanol–water partition coefficient (Wildman–Crippen LogP) is 6.61. The molecule has 5 aromatic rings. The number of rotatable bonds is 10. The Kier molecular flexibility index (Phi) is 8.62. The van der Waals surface area contributed by atoms with E-state index in [0.29, 0.717) is 34.0 Å². The molecule has 0 spiro atoms. The minimum atomic E-state index is -0.360. The molecule has 9 heteroatoms. The zero-order valence-corrected chi connectivity index (χ0v) is 25.1. The second-order valence-corrected chi connectivity index (χ2v) is 11.6. The summed E-state index contributed by atoms with van der Waals surface area (Å²) in [5.74, 6) is -0.0156. The van der Waals surface area contributed by atoms with Gasteiger partial charge in [-0.2, -0.15) is 0 Å². The van der Waals surface area contributed by atoms with Crippen molar-refractivity contribution in [3.8, 4) is 11.5 Å². The lowest BCUT2D eigenvalue weighted by molar-refractivity contribution is -0.133. The Labute approximate surface area is 260 Å². The molecule has 6 rings (SSSR count). The van der Waals surface area contributed by atoms with Crippen LogP contribution in [-0.4, -0.2) is 52.8 Å². The number of benzene rings is 4. The summed E-state index contributed by atoms with van der Waals surface area (Å²) in [5, 5.41) is 3.61. The quantitative estimate of drug-likeness (QED) is 0.187. The number of amides is 2. The lowest BCUT2D eigenvalue weighted by atomic mass is 10.1. The van der Waals surface area contributed by atoms with Gasteiger partial charge in [0.1, 0.15) is 23.1 Å². The minimum absolute atomic E-state index is 0.0124. The molecule has 0 saturated heterocycles. The Balaban J connectivity index is 1.13. The van der Waals surface area contributed by atoms with Crippen LogP contribution < -0.4 is 10.1 Å². The normalized spacial score (nSPS) is 12.8. The number of H-pyrrole nitrogens is 1. The largest absolute Gasteiger partial charge is 0.457 e. The van der Waals surface area contributed by atoms with Crippen LogP contribution in [0.5, 0.6) is 11.5 Å². The van der Waals surface area contributed by atoms with E-state index in [1.54, 1.807) is 59.2 Å². The van der Waals surface area contributed by atoms with Crippen LogP contribution in [0.15, 0.2) is 91.0 Å². The molecule has 0 unspecified atom stereocenters. The fourth-order valence-corrected chi connectivity index (χ4v) is 5.81. The van der Waals surface area contributed by atoms with E-state index < -0.39 is 0 Å². The van der Waals surface area contributed by atoms with Crippen molar-refractivity contribution in [1.29, 1.82) is 0 Å². The fraction of sp³-hybridized carbons (Fsp3) is 0.222. The molecule has 0 atom stereocenters. The highest BCUT2D eigenvalue weighted by atomic mass is 19.1. The number of carbonyl (C=O) groups is 2. The number of halogens is 2. The summed E-state index contributed by atoms with van der Waals surface area (Å²) in [6, 6.07) is 26.3. The number of para-hydroxylation sites is 1. The summed E-state index contributed by atoms with van der Waals surface area (Å²) in [7, 11) is 1.81. The number of fused-ring (bicyclic) bond motifs is 2. The van der Waals surface area contributed by atoms with Gasteiger partial charge in [0.15, 0.2) is 0 Å². The number of nitrogens with one attached hydrogen (secondary N) is 2. The van der Waals surface area contributed by atoms with Gasteiger partial charge < -0.3 is 19.9 Å². The molecule has 4 aromatic carbocycles. The molecule has 230 valence electrons. The lowest BCUT2D eigenvalue weighted by Crippen LogP contribution is -2.45. The van der Waals surface area contributed by atoms with E-state index in [1.807, 2.05) is 31.3 Å². The first-order chi connectivity index (χ1) is 21.7. The number of likely N-dealkylation sites (N-methyl/N-ethyl adjacent to an activating group) is 1. The van der Waals surface area contributed by atoms with Gasteiger partial charge >= 0.3 is 0 Å². The van der Waals surface area contributed by atoms with E-state index in [9.17, 15) is 18.4 Å². The van der Waals surface area contributed by atoms with Crippen LogP contribution >= 0.6 is 0 Å². The molecule has 1 aliphatic carbocycles. The molecule has 0 aliphatic heterocycles. The number of ether oxygens (including phenoxy) is 1. The molecular weight excluding hydrogens is 574 g/mol. The molecule has 1 aromatic heterocycles. The zero-order valence-electron chi connectivity index (χ0n) is 25.1. The van der Waals surface area contributed by atoms with Crippen molar-refractivity contribution in [3.05, 3.63) is 125 Å². The van der Waals surface area contributed by atoms with Gasteiger partial charge in [0.05, 0.1) is 18.6 Å². The molecule has 7 nitrogen and oxygen atoms in total. The molecule has 1 aliphatic rings. The van der Waals surface area contributed by atoms with Crippen LogP contribution in [0.1, 0.15) is 22.4 Å². The Hall–Kier alpha value is -5.02. The SMILES string of the molecule is Cc1cc(Oc2ccc(NC(=O)CN(CC(=O)N(C)C3Cc4ccccc4C3)Cc3cc4cccc(F)c4[nH]3)cc2)ccc1F. The van der Waals surface area contributed by atoms with E-state index in [1.165, 1.54) is 23.3 Å². The van der Waals surface area contributed by atoms with Gasteiger partial charge in [0, 0.05) is 36.4 Å². The van der Waals surface area contributed by atoms with Crippen LogP contribution in [-0.2, 0) is 29.0 Å². The number of aromatic nitrogens is 1. The number of hydrogen-bond acceptors (Lipinski definition) is 4. The maximum Gasteiger partial charge on any atom is 0.238 e. The van der Waals surface area contributed by atoms with E-state index in [2.05, 4.69) is 22.4 Å². The summed E-state index contributed by atoms with van der Waals surface area (Å²) in [6.07, 6.45) is 1.58. The van der Waals surface area contributed by atoms with Gasteiger partial charge in [-0.15, -0.1) is 0 Å². The second kappa shape index (κ2) is 12.9. The maximum atomic E-state index is 14.4. The number of aromatic amines is 1. The van der Waals surface area contributed by atoms with Crippen LogP contribution in [0.3, 0.4) is 0 Å². The average Bonchev–Trinajstić information content (AvgIpc) is 3.64. The van der Waals surface area contributed by atoms with E-state index >= 15 is 0 Å². The Morgan fingerprint density at radius 1 is 0.867 bits per heavy atom. The molecule has 2 amide bonds. The van der Waals surface area contributed by atoms with Crippen LogP contribution in [0, 0.1) is 18.6 Å². The first-order valence-electron chi connectivity index (χ1n) is 14.9. The van der Waals surface area contributed by atoms with Crippen molar-refractivity contribution in [2.24, 2.45) is 0 Å². The number of aryl methyl sites for hydroxylation is 1. The van der Waals surface area contributed by atoms with E-state index in [4.69, 9.17) is 4.74 Å². The predicted molar refractivity (Wildman–Crippen MR) is 170 cm³/mol. The first-order valence-corrected chi connectivity index (χ1v) is 14.9. The van der Waals surface area contributed by atoms with Gasteiger partial charge in [-0.05, 0) is 91.1 Å². The third kappa shape index (κ3) is 7.05. The minimum Gasteiger partial charge on any atom is -0.457 e.